The Kier molecular flexibility index (Phi) is 5.19. The standard InChI is InChI=1S/C36H23N3S/c37-23-24-14-18-27(19-15-24)40-28-20-16-26(17-21-28)39-32-13-7-5-11-30(32)36-34(39)22-33-35(36)29-10-4-6-12-31(29)38(33)25-8-2-1-3-9-25/h1-22,35H. The fourth-order valence-electron chi connectivity index (χ4n) is 6.22. The van der Waals surface area contributed by atoms with Crippen molar-refractivity contribution in [3.8, 4) is 11.8 Å². The molecular formula is C36H23N3S. The fraction of sp³-hybridized carbons (Fsp3) is 0.0278. The first kappa shape index (κ1) is 23.0. The highest BCUT2D eigenvalue weighted by molar-refractivity contribution is 7.99. The van der Waals surface area contributed by atoms with Gasteiger partial charge in [0.15, 0.2) is 0 Å². The van der Waals surface area contributed by atoms with Gasteiger partial charge in [0.2, 0.25) is 0 Å². The first-order valence-corrected chi connectivity index (χ1v) is 14.2. The molecule has 0 spiro atoms. The van der Waals surface area contributed by atoms with Gasteiger partial charge in [0.25, 0.3) is 0 Å². The first-order valence-electron chi connectivity index (χ1n) is 13.4. The molecule has 188 valence electrons. The van der Waals surface area contributed by atoms with E-state index in [0.29, 0.717) is 5.56 Å². The third-order valence-electron chi connectivity index (χ3n) is 7.90. The van der Waals surface area contributed by atoms with E-state index >= 15 is 0 Å². The van der Waals surface area contributed by atoms with E-state index < -0.39 is 0 Å². The van der Waals surface area contributed by atoms with Crippen LogP contribution in [0.1, 0.15) is 28.3 Å². The summed E-state index contributed by atoms with van der Waals surface area (Å²) < 4.78 is 2.41. The SMILES string of the molecule is N#Cc1ccc(Sc2ccc(-n3c4c(c5ccccc53)C3C(=C4)N(c4ccccc4)c4ccccc43)cc2)cc1. The summed E-state index contributed by atoms with van der Waals surface area (Å²) in [4.78, 5) is 4.72. The van der Waals surface area contributed by atoms with Crippen LogP contribution in [-0.2, 0) is 0 Å². The predicted octanol–water partition coefficient (Wildman–Crippen LogP) is 9.29. The van der Waals surface area contributed by atoms with Gasteiger partial charge in [-0.15, -0.1) is 0 Å². The molecule has 0 amide bonds. The average Bonchev–Trinajstić information content (AvgIpc) is 3.64. The largest absolute Gasteiger partial charge is 0.313 e. The van der Waals surface area contributed by atoms with Crippen LogP contribution >= 0.6 is 11.8 Å². The quantitative estimate of drug-likeness (QED) is 0.228. The van der Waals surface area contributed by atoms with E-state index in [1.54, 1.807) is 11.8 Å². The second-order valence-corrected chi connectivity index (χ2v) is 11.3. The number of anilines is 2. The van der Waals surface area contributed by atoms with Gasteiger partial charge < -0.3 is 9.47 Å². The van der Waals surface area contributed by atoms with Crippen molar-refractivity contribution in [2.45, 2.75) is 15.7 Å². The van der Waals surface area contributed by atoms with Crippen molar-refractivity contribution in [3.05, 3.63) is 155 Å². The Balaban J connectivity index is 1.25. The highest BCUT2D eigenvalue weighted by Gasteiger charge is 2.42. The zero-order valence-corrected chi connectivity index (χ0v) is 22.3. The van der Waals surface area contributed by atoms with Gasteiger partial charge in [-0.1, -0.05) is 66.4 Å². The zero-order valence-electron chi connectivity index (χ0n) is 21.5. The van der Waals surface area contributed by atoms with E-state index in [2.05, 4.69) is 125 Å². The lowest BCUT2D eigenvalue weighted by Crippen LogP contribution is -2.11. The Morgan fingerprint density at radius 3 is 2.10 bits per heavy atom. The van der Waals surface area contributed by atoms with Crippen molar-refractivity contribution >= 4 is 40.1 Å². The summed E-state index contributed by atoms with van der Waals surface area (Å²) in [5, 5.41) is 10.4. The number of benzene rings is 5. The second kappa shape index (κ2) is 9.05. The van der Waals surface area contributed by atoms with Crippen LogP contribution in [0, 0.1) is 11.3 Å². The Labute approximate surface area is 237 Å². The van der Waals surface area contributed by atoms with E-state index in [1.165, 1.54) is 49.7 Å². The van der Waals surface area contributed by atoms with Crippen molar-refractivity contribution in [2.24, 2.45) is 0 Å². The molecule has 1 aromatic heterocycles. The van der Waals surface area contributed by atoms with E-state index in [9.17, 15) is 0 Å². The molecule has 3 nitrogen and oxygen atoms in total. The van der Waals surface area contributed by atoms with Gasteiger partial charge in [-0.25, -0.2) is 0 Å². The fourth-order valence-corrected chi connectivity index (χ4v) is 7.04. The topological polar surface area (TPSA) is 32.0 Å². The Hall–Kier alpha value is -4.98. The summed E-state index contributed by atoms with van der Waals surface area (Å²) in [7, 11) is 0. The monoisotopic (exact) mass is 529 g/mol. The highest BCUT2D eigenvalue weighted by atomic mass is 32.2. The van der Waals surface area contributed by atoms with Crippen LogP contribution in [0.15, 0.2) is 143 Å². The van der Waals surface area contributed by atoms with Crippen molar-refractivity contribution in [1.29, 1.82) is 5.26 Å². The van der Waals surface area contributed by atoms with Crippen LogP contribution in [-0.4, -0.2) is 4.57 Å². The lowest BCUT2D eigenvalue weighted by molar-refractivity contribution is 1.01. The van der Waals surface area contributed by atoms with Gasteiger partial charge in [0.05, 0.1) is 34.4 Å². The van der Waals surface area contributed by atoms with Gasteiger partial charge in [0, 0.05) is 32.2 Å². The molecule has 8 rings (SSSR count). The van der Waals surface area contributed by atoms with Crippen LogP contribution in [0.25, 0.3) is 22.7 Å². The highest BCUT2D eigenvalue weighted by Crippen LogP contribution is 2.57. The predicted molar refractivity (Wildman–Crippen MR) is 163 cm³/mol. The maximum absolute atomic E-state index is 9.09. The van der Waals surface area contributed by atoms with Crippen molar-refractivity contribution < 1.29 is 0 Å². The molecule has 1 aliphatic carbocycles. The number of hydrogen-bond donors (Lipinski definition) is 0. The Morgan fingerprint density at radius 2 is 1.32 bits per heavy atom. The number of hydrogen-bond acceptors (Lipinski definition) is 3. The minimum absolute atomic E-state index is 0.198. The molecule has 4 heteroatoms. The molecule has 1 aliphatic heterocycles. The molecule has 2 heterocycles. The molecule has 2 aliphatic rings. The van der Waals surface area contributed by atoms with Crippen LogP contribution in [0.5, 0.6) is 0 Å². The number of allylic oxidation sites excluding steroid dienone is 1. The Bertz CT molecular complexity index is 1980. The van der Waals surface area contributed by atoms with Crippen molar-refractivity contribution in [3.63, 3.8) is 0 Å². The number of fused-ring (bicyclic) bond motifs is 7. The number of para-hydroxylation sites is 3. The smallest absolute Gasteiger partial charge is 0.0991 e. The minimum atomic E-state index is 0.198. The molecule has 0 saturated carbocycles. The summed E-state index contributed by atoms with van der Waals surface area (Å²) in [6.07, 6.45) is 2.40. The number of nitriles is 1. The van der Waals surface area contributed by atoms with Crippen LogP contribution < -0.4 is 4.90 Å². The Morgan fingerprint density at radius 1 is 0.650 bits per heavy atom. The first-order chi connectivity index (χ1) is 19.8. The molecule has 0 N–H and O–H groups in total. The maximum Gasteiger partial charge on any atom is 0.0991 e. The van der Waals surface area contributed by atoms with Crippen LogP contribution in [0.4, 0.5) is 11.4 Å². The third-order valence-corrected chi connectivity index (χ3v) is 8.91. The van der Waals surface area contributed by atoms with Crippen molar-refractivity contribution in [2.75, 3.05) is 4.90 Å². The molecule has 40 heavy (non-hydrogen) atoms. The summed E-state index contributed by atoms with van der Waals surface area (Å²) in [5.74, 6) is 0.198. The molecule has 0 radical (unpaired) electrons. The lowest BCUT2D eigenvalue weighted by atomic mass is 9.93. The third kappa shape index (κ3) is 3.45. The van der Waals surface area contributed by atoms with Crippen molar-refractivity contribution in [1.82, 2.24) is 4.57 Å². The van der Waals surface area contributed by atoms with Gasteiger partial charge >= 0.3 is 0 Å². The van der Waals surface area contributed by atoms with Gasteiger partial charge in [-0.05, 0) is 90.0 Å². The van der Waals surface area contributed by atoms with Crippen LogP contribution in [0.3, 0.4) is 0 Å². The molecule has 1 unspecified atom stereocenters. The molecule has 1 atom stereocenters. The van der Waals surface area contributed by atoms with Gasteiger partial charge in [0.1, 0.15) is 0 Å². The van der Waals surface area contributed by atoms with Crippen LogP contribution in [0.2, 0.25) is 0 Å². The molecule has 0 bridgehead atoms. The molecule has 5 aromatic carbocycles. The summed E-state index contributed by atoms with van der Waals surface area (Å²) >= 11 is 1.71. The number of rotatable bonds is 4. The maximum atomic E-state index is 9.09. The molecule has 0 fully saturated rings. The normalized spacial score (nSPS) is 14.9. The summed E-state index contributed by atoms with van der Waals surface area (Å²) in [6.45, 7) is 0. The minimum Gasteiger partial charge on any atom is -0.313 e. The summed E-state index contributed by atoms with van der Waals surface area (Å²) in [6, 6.07) is 47.0. The number of nitrogens with zero attached hydrogens (tertiary/aromatic N) is 3. The average molecular weight is 530 g/mol. The molecule has 6 aromatic rings. The van der Waals surface area contributed by atoms with E-state index in [4.69, 9.17) is 5.26 Å². The lowest BCUT2D eigenvalue weighted by Gasteiger charge is -2.22. The number of aromatic nitrogens is 1. The second-order valence-electron chi connectivity index (χ2n) is 10.1. The molecule has 0 saturated heterocycles. The van der Waals surface area contributed by atoms with Gasteiger partial charge in [-0.3, -0.25) is 0 Å². The molecular weight excluding hydrogens is 506 g/mol. The summed E-state index contributed by atoms with van der Waals surface area (Å²) in [5.41, 5.74) is 10.8. The van der Waals surface area contributed by atoms with E-state index in [0.717, 1.165) is 10.6 Å². The zero-order chi connectivity index (χ0) is 26.6. The van der Waals surface area contributed by atoms with E-state index in [1.807, 2.05) is 24.3 Å². The van der Waals surface area contributed by atoms with E-state index in [-0.39, 0.29) is 5.92 Å². The van der Waals surface area contributed by atoms with Gasteiger partial charge in [-0.2, -0.15) is 5.26 Å².